The second kappa shape index (κ2) is 5.59. The molecule has 2 aliphatic rings. The van der Waals surface area contributed by atoms with Gasteiger partial charge in [-0.05, 0) is 55.7 Å². The van der Waals surface area contributed by atoms with Gasteiger partial charge in [-0.1, -0.05) is 12.5 Å². The number of nitrogens with zero attached hydrogens (tertiary/aromatic N) is 2. The molecule has 0 spiro atoms. The molecule has 2 N–H and O–H groups in total. The van der Waals surface area contributed by atoms with E-state index < -0.39 is 0 Å². The second-order valence-corrected chi connectivity index (χ2v) is 6.49. The van der Waals surface area contributed by atoms with Gasteiger partial charge in [0.15, 0.2) is 0 Å². The van der Waals surface area contributed by atoms with Gasteiger partial charge in [0.05, 0.1) is 5.69 Å². The minimum Gasteiger partial charge on any atom is -0.326 e. The topological polar surface area (TPSA) is 42.1 Å². The van der Waals surface area contributed by atoms with Crippen molar-refractivity contribution in [1.82, 2.24) is 9.88 Å². The smallest absolute Gasteiger partial charge is 0.0544 e. The Labute approximate surface area is 116 Å². The number of hydrogen-bond acceptors (Lipinski definition) is 3. The van der Waals surface area contributed by atoms with E-state index in [1.807, 2.05) is 6.20 Å². The van der Waals surface area contributed by atoms with Crippen molar-refractivity contribution in [2.75, 3.05) is 13.6 Å². The zero-order chi connectivity index (χ0) is 13.2. The molecule has 3 unspecified atom stereocenters. The average molecular weight is 259 g/mol. The van der Waals surface area contributed by atoms with Crippen LogP contribution >= 0.6 is 0 Å². The van der Waals surface area contributed by atoms with Gasteiger partial charge in [-0.15, -0.1) is 0 Å². The van der Waals surface area contributed by atoms with Crippen LogP contribution in [0.25, 0.3) is 0 Å². The van der Waals surface area contributed by atoms with Crippen molar-refractivity contribution < 1.29 is 0 Å². The molecule has 2 bridgehead atoms. The molecule has 2 saturated carbocycles. The van der Waals surface area contributed by atoms with Gasteiger partial charge in [0.2, 0.25) is 0 Å². The van der Waals surface area contributed by atoms with Crippen molar-refractivity contribution >= 4 is 0 Å². The maximum absolute atomic E-state index is 5.59. The van der Waals surface area contributed by atoms with Crippen LogP contribution in [0.2, 0.25) is 0 Å². The third-order valence-corrected chi connectivity index (χ3v) is 4.98. The Balaban J connectivity index is 1.51. The van der Waals surface area contributed by atoms with Crippen LogP contribution in [-0.2, 0) is 13.1 Å². The molecule has 3 rings (SSSR count). The fraction of sp³-hybridized carbons (Fsp3) is 0.688. The van der Waals surface area contributed by atoms with E-state index >= 15 is 0 Å². The van der Waals surface area contributed by atoms with E-state index in [1.54, 1.807) is 0 Å². The van der Waals surface area contributed by atoms with Crippen LogP contribution < -0.4 is 5.73 Å². The van der Waals surface area contributed by atoms with Crippen molar-refractivity contribution in [2.45, 2.75) is 38.8 Å². The zero-order valence-electron chi connectivity index (χ0n) is 11.9. The summed E-state index contributed by atoms with van der Waals surface area (Å²) in [5.41, 5.74) is 7.86. The summed E-state index contributed by atoms with van der Waals surface area (Å²) >= 11 is 0. The van der Waals surface area contributed by atoms with Gasteiger partial charge in [-0.3, -0.25) is 4.98 Å². The molecular weight excluding hydrogens is 234 g/mol. The summed E-state index contributed by atoms with van der Waals surface area (Å²) in [5.74, 6) is 3.00. The predicted molar refractivity (Wildman–Crippen MR) is 77.4 cm³/mol. The van der Waals surface area contributed by atoms with Gasteiger partial charge < -0.3 is 10.6 Å². The average Bonchev–Trinajstić information content (AvgIpc) is 3.02. The third kappa shape index (κ3) is 2.98. The highest BCUT2D eigenvalue weighted by atomic mass is 15.1. The molecule has 0 saturated heterocycles. The molecule has 2 fully saturated rings. The predicted octanol–water partition coefficient (Wildman–Crippen LogP) is 2.41. The summed E-state index contributed by atoms with van der Waals surface area (Å²) in [6.07, 6.45) is 7.84. The third-order valence-electron chi connectivity index (χ3n) is 4.98. The lowest BCUT2D eigenvalue weighted by molar-refractivity contribution is 0.213. The first kappa shape index (κ1) is 13.1. The van der Waals surface area contributed by atoms with E-state index in [-0.39, 0.29) is 0 Å². The van der Waals surface area contributed by atoms with E-state index in [2.05, 4.69) is 29.1 Å². The number of aromatic nitrogens is 1. The number of rotatable bonds is 5. The Bertz CT molecular complexity index is 415. The van der Waals surface area contributed by atoms with E-state index in [0.29, 0.717) is 6.54 Å². The standard InChI is InChI=1S/C16H25N3/c1-19(10-15-7-12-2-4-14(15)6-12)11-16-5-3-13(8-17)9-18-16/h3,5,9,12,14-15H,2,4,6-8,10-11,17H2,1H3. The summed E-state index contributed by atoms with van der Waals surface area (Å²) in [6, 6.07) is 4.20. The summed E-state index contributed by atoms with van der Waals surface area (Å²) in [7, 11) is 2.23. The lowest BCUT2D eigenvalue weighted by Gasteiger charge is -2.27. The van der Waals surface area contributed by atoms with Crippen molar-refractivity contribution in [3.8, 4) is 0 Å². The van der Waals surface area contributed by atoms with E-state index in [1.165, 1.54) is 32.2 Å². The van der Waals surface area contributed by atoms with Crippen LogP contribution in [0.1, 0.15) is 36.9 Å². The number of hydrogen-bond donors (Lipinski definition) is 1. The van der Waals surface area contributed by atoms with E-state index in [0.717, 1.165) is 35.6 Å². The van der Waals surface area contributed by atoms with Crippen LogP contribution in [0.3, 0.4) is 0 Å². The molecule has 104 valence electrons. The van der Waals surface area contributed by atoms with Gasteiger partial charge in [-0.25, -0.2) is 0 Å². The SMILES string of the molecule is CN(Cc1ccc(CN)cn1)CC1CC2CCC1C2. The fourth-order valence-corrected chi connectivity index (χ4v) is 4.01. The molecule has 2 aliphatic carbocycles. The Morgan fingerprint density at radius 2 is 2.21 bits per heavy atom. The molecular formula is C16H25N3. The first-order valence-electron chi connectivity index (χ1n) is 7.57. The Morgan fingerprint density at radius 1 is 1.32 bits per heavy atom. The minimum atomic E-state index is 0.578. The van der Waals surface area contributed by atoms with Crippen molar-refractivity contribution in [2.24, 2.45) is 23.5 Å². The molecule has 3 nitrogen and oxygen atoms in total. The van der Waals surface area contributed by atoms with Gasteiger partial charge in [0.25, 0.3) is 0 Å². The van der Waals surface area contributed by atoms with Gasteiger partial charge in [0.1, 0.15) is 0 Å². The van der Waals surface area contributed by atoms with E-state index in [9.17, 15) is 0 Å². The Kier molecular flexibility index (Phi) is 3.85. The first-order valence-corrected chi connectivity index (χ1v) is 7.57. The summed E-state index contributed by atoms with van der Waals surface area (Å²) in [5, 5.41) is 0. The van der Waals surface area contributed by atoms with Crippen LogP contribution in [-0.4, -0.2) is 23.5 Å². The van der Waals surface area contributed by atoms with Gasteiger partial charge in [0, 0.05) is 25.8 Å². The molecule has 3 heteroatoms. The highest BCUT2D eigenvalue weighted by Gasteiger charge is 2.39. The number of nitrogens with two attached hydrogens (primary N) is 1. The van der Waals surface area contributed by atoms with Crippen molar-refractivity contribution in [1.29, 1.82) is 0 Å². The molecule has 1 heterocycles. The van der Waals surface area contributed by atoms with E-state index in [4.69, 9.17) is 5.73 Å². The van der Waals surface area contributed by atoms with Crippen LogP contribution in [0.15, 0.2) is 18.3 Å². The summed E-state index contributed by atoms with van der Waals surface area (Å²) in [6.45, 7) is 2.77. The zero-order valence-corrected chi connectivity index (χ0v) is 11.9. The molecule has 0 amide bonds. The molecule has 19 heavy (non-hydrogen) atoms. The van der Waals surface area contributed by atoms with Crippen LogP contribution in [0, 0.1) is 17.8 Å². The lowest BCUT2D eigenvalue weighted by Crippen LogP contribution is -2.28. The number of pyridine rings is 1. The number of fused-ring (bicyclic) bond motifs is 2. The van der Waals surface area contributed by atoms with Crippen LogP contribution in [0.4, 0.5) is 0 Å². The maximum Gasteiger partial charge on any atom is 0.0544 e. The second-order valence-electron chi connectivity index (χ2n) is 6.49. The summed E-state index contributed by atoms with van der Waals surface area (Å²) in [4.78, 5) is 6.93. The minimum absolute atomic E-state index is 0.578. The lowest BCUT2D eigenvalue weighted by atomic mass is 9.88. The molecule has 1 aromatic heterocycles. The maximum atomic E-state index is 5.59. The van der Waals surface area contributed by atoms with Gasteiger partial charge >= 0.3 is 0 Å². The molecule has 3 atom stereocenters. The normalized spacial score (nSPS) is 29.3. The summed E-state index contributed by atoms with van der Waals surface area (Å²) < 4.78 is 0. The molecule has 0 radical (unpaired) electrons. The van der Waals surface area contributed by atoms with Crippen molar-refractivity contribution in [3.63, 3.8) is 0 Å². The highest BCUT2D eigenvalue weighted by molar-refractivity contribution is 5.13. The highest BCUT2D eigenvalue weighted by Crippen LogP contribution is 2.48. The van der Waals surface area contributed by atoms with Crippen LogP contribution in [0.5, 0.6) is 0 Å². The Hall–Kier alpha value is -0.930. The molecule has 0 aromatic carbocycles. The fourth-order valence-electron chi connectivity index (χ4n) is 4.01. The van der Waals surface area contributed by atoms with Gasteiger partial charge in [-0.2, -0.15) is 0 Å². The quantitative estimate of drug-likeness (QED) is 0.883. The molecule has 0 aliphatic heterocycles. The van der Waals surface area contributed by atoms with Crippen molar-refractivity contribution in [3.05, 3.63) is 29.6 Å². The molecule has 1 aromatic rings. The first-order chi connectivity index (χ1) is 9.24. The monoisotopic (exact) mass is 259 g/mol. The largest absolute Gasteiger partial charge is 0.326 e. The Morgan fingerprint density at radius 3 is 2.79 bits per heavy atom.